The van der Waals surface area contributed by atoms with Crippen molar-refractivity contribution >= 4 is 24.0 Å². The molecule has 0 bridgehead atoms. The van der Waals surface area contributed by atoms with Gasteiger partial charge >= 0.3 is 0 Å². The van der Waals surface area contributed by atoms with E-state index < -0.39 is 83.5 Å². The standard InChI is InChI=1S/C47H71NO11.ClH/c1-5-7-9-11-13-15-17-19-24-48(25-20-18-16-14-12-10-8-6-2)33-26-37(58-30(3)42(33)51)59-35-28-47(56,36(50)29-49)27-32-39(35)46(55)41-40(44(32)53)43(52)31-22-21-23-34(57-4)38(31)45(41)54;/h21-23,30,33,35-37,42,49-51,53,55-56H,5-20,24-29H2,1-4H3;1H. The second kappa shape index (κ2) is 23.6. The number of benzene rings is 2. The van der Waals surface area contributed by atoms with E-state index >= 15 is 0 Å². The van der Waals surface area contributed by atoms with Gasteiger partial charge in [-0.25, -0.2) is 0 Å². The Kier molecular flexibility index (Phi) is 19.6. The third-order valence-electron chi connectivity index (χ3n) is 13.0. The molecule has 5 rings (SSSR count). The van der Waals surface area contributed by atoms with E-state index in [0.29, 0.717) is 0 Å². The number of ketones is 2. The minimum absolute atomic E-state index is 0. The third-order valence-corrected chi connectivity index (χ3v) is 13.0. The first-order chi connectivity index (χ1) is 28.4. The molecule has 1 saturated heterocycles. The Bertz CT molecular complexity index is 1690. The van der Waals surface area contributed by atoms with E-state index in [4.69, 9.17) is 14.2 Å². The van der Waals surface area contributed by atoms with E-state index in [2.05, 4.69) is 18.7 Å². The van der Waals surface area contributed by atoms with Gasteiger partial charge in [0.15, 0.2) is 12.1 Å². The number of rotatable bonds is 24. The highest BCUT2D eigenvalue weighted by Gasteiger charge is 2.50. The van der Waals surface area contributed by atoms with Crippen molar-refractivity contribution in [3.05, 3.63) is 51.6 Å². The second-order valence-electron chi connectivity index (χ2n) is 17.2. The molecule has 13 heteroatoms. The summed E-state index contributed by atoms with van der Waals surface area (Å²) >= 11 is 0. The molecular weight excluding hydrogens is 790 g/mol. The monoisotopic (exact) mass is 861 g/mol. The van der Waals surface area contributed by atoms with Crippen molar-refractivity contribution in [3.8, 4) is 17.2 Å². The van der Waals surface area contributed by atoms with Crippen LogP contribution >= 0.6 is 12.4 Å². The molecule has 338 valence electrons. The largest absolute Gasteiger partial charge is 0.507 e. The lowest BCUT2D eigenvalue weighted by atomic mass is 9.71. The summed E-state index contributed by atoms with van der Waals surface area (Å²) in [6.45, 7) is 7.04. The third kappa shape index (κ3) is 11.4. The van der Waals surface area contributed by atoms with Gasteiger partial charge in [-0.15, -0.1) is 12.4 Å². The van der Waals surface area contributed by atoms with E-state index in [0.717, 1.165) is 38.8 Å². The number of unbranched alkanes of at least 4 members (excludes halogenated alkanes) is 14. The molecule has 0 saturated carbocycles. The quantitative estimate of drug-likeness (QED) is 0.0379. The van der Waals surface area contributed by atoms with Crippen LogP contribution in [0.15, 0.2) is 18.2 Å². The number of nitrogens with zero attached hydrogens (tertiary/aromatic N) is 1. The topological polar surface area (TPSA) is 186 Å². The molecule has 0 amide bonds. The molecular formula is C47H72ClNO11. The zero-order valence-corrected chi connectivity index (χ0v) is 37.1. The smallest absolute Gasteiger partial charge is 0.202 e. The molecule has 6 N–H and O–H groups in total. The fraction of sp³-hybridized carbons (Fsp3) is 0.702. The summed E-state index contributed by atoms with van der Waals surface area (Å²) < 4.78 is 18.3. The molecule has 0 spiro atoms. The lowest BCUT2D eigenvalue weighted by Gasteiger charge is -2.46. The Balaban J connectivity index is 0.00000794. The summed E-state index contributed by atoms with van der Waals surface area (Å²) in [6, 6.07) is 4.20. The number of phenols is 2. The number of fused-ring (bicyclic) bond motifs is 3. The van der Waals surface area contributed by atoms with Crippen molar-refractivity contribution < 1.29 is 54.4 Å². The van der Waals surface area contributed by atoms with Crippen molar-refractivity contribution in [1.29, 1.82) is 0 Å². The minimum atomic E-state index is -2.05. The minimum Gasteiger partial charge on any atom is -0.507 e. The highest BCUT2D eigenvalue weighted by molar-refractivity contribution is 6.31. The number of halogens is 1. The highest BCUT2D eigenvalue weighted by atomic mass is 35.5. The molecule has 7 atom stereocenters. The van der Waals surface area contributed by atoms with Crippen molar-refractivity contribution in [1.82, 2.24) is 4.90 Å². The van der Waals surface area contributed by atoms with Crippen LogP contribution < -0.4 is 4.74 Å². The number of carbonyl (C=O) groups is 2. The summed E-state index contributed by atoms with van der Waals surface area (Å²) in [5.74, 6) is -2.51. The van der Waals surface area contributed by atoms with E-state index in [-0.39, 0.29) is 59.3 Å². The molecule has 2 aliphatic carbocycles. The summed E-state index contributed by atoms with van der Waals surface area (Å²) in [5, 5.41) is 68.2. The molecule has 0 radical (unpaired) electrons. The molecule has 2 aromatic rings. The Hall–Kier alpha value is -2.81. The van der Waals surface area contributed by atoms with Crippen LogP contribution in [0.5, 0.6) is 17.2 Å². The van der Waals surface area contributed by atoms with E-state index in [1.807, 2.05) is 0 Å². The molecule has 1 aliphatic heterocycles. The van der Waals surface area contributed by atoms with Crippen molar-refractivity contribution in [2.24, 2.45) is 0 Å². The van der Waals surface area contributed by atoms with Gasteiger partial charge in [-0.3, -0.25) is 14.5 Å². The fourth-order valence-electron chi connectivity index (χ4n) is 9.49. The number of hydrogen-bond donors (Lipinski definition) is 6. The first-order valence-corrected chi connectivity index (χ1v) is 22.5. The normalized spacial score (nSPS) is 24.1. The summed E-state index contributed by atoms with van der Waals surface area (Å²) in [4.78, 5) is 30.4. The van der Waals surface area contributed by atoms with Crippen LogP contribution in [-0.4, -0.2) is 110 Å². The Morgan fingerprint density at radius 3 is 1.93 bits per heavy atom. The van der Waals surface area contributed by atoms with Crippen LogP contribution in [0.3, 0.4) is 0 Å². The van der Waals surface area contributed by atoms with Crippen molar-refractivity contribution in [3.63, 3.8) is 0 Å². The van der Waals surface area contributed by atoms with Gasteiger partial charge in [0, 0.05) is 42.0 Å². The Morgan fingerprint density at radius 1 is 0.833 bits per heavy atom. The molecule has 7 unspecified atom stereocenters. The highest BCUT2D eigenvalue weighted by Crippen LogP contribution is 2.53. The maximum absolute atomic E-state index is 14.1. The summed E-state index contributed by atoms with van der Waals surface area (Å²) in [6.07, 6.45) is 13.1. The Morgan fingerprint density at radius 2 is 1.38 bits per heavy atom. The fourth-order valence-corrected chi connectivity index (χ4v) is 9.49. The lowest BCUT2D eigenvalue weighted by molar-refractivity contribution is -0.262. The number of carbonyl (C=O) groups excluding carboxylic acids is 2. The molecule has 0 aromatic heterocycles. The predicted molar refractivity (Wildman–Crippen MR) is 233 cm³/mol. The zero-order valence-electron chi connectivity index (χ0n) is 36.3. The first kappa shape index (κ1) is 49.8. The van der Waals surface area contributed by atoms with Crippen LogP contribution in [-0.2, 0) is 15.9 Å². The maximum atomic E-state index is 14.1. The van der Waals surface area contributed by atoms with Gasteiger partial charge in [-0.1, -0.05) is 116 Å². The van der Waals surface area contributed by atoms with Gasteiger partial charge < -0.3 is 44.8 Å². The van der Waals surface area contributed by atoms with E-state index in [1.54, 1.807) is 13.0 Å². The van der Waals surface area contributed by atoms with Crippen LogP contribution in [0.4, 0.5) is 0 Å². The maximum Gasteiger partial charge on any atom is 0.202 e. The average molecular weight is 863 g/mol. The first-order valence-electron chi connectivity index (χ1n) is 22.5. The van der Waals surface area contributed by atoms with Gasteiger partial charge in [0.1, 0.15) is 23.4 Å². The lowest BCUT2D eigenvalue weighted by Crippen LogP contribution is -2.56. The molecule has 1 heterocycles. The average Bonchev–Trinajstić information content (AvgIpc) is 3.22. The summed E-state index contributed by atoms with van der Waals surface area (Å²) in [7, 11) is 1.37. The SMILES string of the molecule is CCCCCCCCCCN(CCCCCCCCCC)C1CC(OC2CC(O)(C(O)CO)Cc3c(O)c4c(c(O)c32)C(=O)c2c(OC)cccc2C4=O)OC(C)C1O.Cl. The van der Waals surface area contributed by atoms with Gasteiger partial charge in [0.05, 0.1) is 54.3 Å². The number of hydrogen-bond acceptors (Lipinski definition) is 12. The number of phenolic OH excluding ortho intramolecular Hbond substituents is 2. The van der Waals surface area contributed by atoms with Gasteiger partial charge in [0.25, 0.3) is 0 Å². The molecule has 12 nitrogen and oxygen atoms in total. The van der Waals surface area contributed by atoms with Crippen LogP contribution in [0.1, 0.15) is 185 Å². The van der Waals surface area contributed by atoms with E-state index in [9.17, 15) is 40.2 Å². The number of aliphatic hydroxyl groups excluding tert-OH is 3. The van der Waals surface area contributed by atoms with Gasteiger partial charge in [-0.05, 0) is 38.9 Å². The van der Waals surface area contributed by atoms with Crippen LogP contribution in [0.25, 0.3) is 0 Å². The predicted octanol–water partition coefficient (Wildman–Crippen LogP) is 7.84. The molecule has 60 heavy (non-hydrogen) atoms. The molecule has 3 aliphatic rings. The molecule has 2 aromatic carbocycles. The number of methoxy groups -OCH3 is 1. The van der Waals surface area contributed by atoms with E-state index in [1.165, 1.54) is 96.3 Å². The van der Waals surface area contributed by atoms with Crippen LogP contribution in [0, 0.1) is 0 Å². The molecule has 1 fully saturated rings. The van der Waals surface area contributed by atoms with Gasteiger partial charge in [0.2, 0.25) is 5.78 Å². The van der Waals surface area contributed by atoms with Crippen molar-refractivity contribution in [2.45, 2.75) is 185 Å². The number of aromatic hydroxyl groups is 2. The van der Waals surface area contributed by atoms with Gasteiger partial charge in [-0.2, -0.15) is 0 Å². The zero-order chi connectivity index (χ0) is 42.7. The number of ether oxygens (including phenoxy) is 3. The summed E-state index contributed by atoms with van der Waals surface area (Å²) in [5.41, 5.74) is -3.02. The van der Waals surface area contributed by atoms with Crippen LogP contribution in [0.2, 0.25) is 0 Å². The Labute approximate surface area is 363 Å². The van der Waals surface area contributed by atoms with Crippen molar-refractivity contribution in [2.75, 3.05) is 26.8 Å². The number of aliphatic hydroxyl groups is 4. The second-order valence-corrected chi connectivity index (χ2v) is 17.2.